The summed E-state index contributed by atoms with van der Waals surface area (Å²) in [6.07, 6.45) is 4.99. The standard InChI is InChI=1S/C10H22BrNO/c1-2-9-13-10-8-12-7-5-3-4-6-11/h12H,2-10H2,1H3. The minimum Gasteiger partial charge on any atom is -0.380 e. The molecule has 0 amide bonds. The molecule has 80 valence electrons. The summed E-state index contributed by atoms with van der Waals surface area (Å²) in [4.78, 5) is 0. The molecule has 0 spiro atoms. The number of halogens is 1. The molecule has 2 nitrogen and oxygen atoms in total. The maximum atomic E-state index is 5.34. The average Bonchev–Trinajstić information content (AvgIpc) is 2.16. The van der Waals surface area contributed by atoms with Crippen molar-refractivity contribution in [2.45, 2.75) is 32.6 Å². The second-order valence-corrected chi connectivity index (χ2v) is 3.91. The fraction of sp³-hybridized carbons (Fsp3) is 1.00. The normalized spacial score (nSPS) is 10.6. The first-order chi connectivity index (χ1) is 6.41. The molecule has 0 aromatic carbocycles. The molecule has 0 aromatic heterocycles. The molecule has 0 aliphatic carbocycles. The van der Waals surface area contributed by atoms with Gasteiger partial charge in [0.25, 0.3) is 0 Å². The van der Waals surface area contributed by atoms with Crippen molar-refractivity contribution in [2.75, 3.05) is 31.6 Å². The Balaban J connectivity index is 2.76. The van der Waals surface area contributed by atoms with Crippen LogP contribution in [0.5, 0.6) is 0 Å². The SMILES string of the molecule is CCCOCCNCCCCCBr. The van der Waals surface area contributed by atoms with Crippen LogP contribution in [0.1, 0.15) is 32.6 Å². The zero-order valence-electron chi connectivity index (χ0n) is 8.65. The molecule has 0 radical (unpaired) electrons. The van der Waals surface area contributed by atoms with Gasteiger partial charge in [-0.15, -0.1) is 0 Å². The third-order valence-corrected chi connectivity index (χ3v) is 2.32. The summed E-state index contributed by atoms with van der Waals surface area (Å²) in [6.45, 7) is 6.00. The van der Waals surface area contributed by atoms with E-state index in [0.717, 1.165) is 38.1 Å². The fourth-order valence-corrected chi connectivity index (χ4v) is 1.43. The molecule has 0 fully saturated rings. The minimum absolute atomic E-state index is 0.853. The van der Waals surface area contributed by atoms with E-state index in [-0.39, 0.29) is 0 Å². The zero-order valence-corrected chi connectivity index (χ0v) is 10.2. The Morgan fingerprint density at radius 1 is 1.08 bits per heavy atom. The van der Waals surface area contributed by atoms with E-state index in [4.69, 9.17) is 4.74 Å². The van der Waals surface area contributed by atoms with Gasteiger partial charge in [-0.1, -0.05) is 29.3 Å². The average molecular weight is 252 g/mol. The molecule has 0 unspecified atom stereocenters. The molecule has 0 aliphatic rings. The van der Waals surface area contributed by atoms with Crippen molar-refractivity contribution in [3.63, 3.8) is 0 Å². The van der Waals surface area contributed by atoms with Crippen molar-refractivity contribution in [3.8, 4) is 0 Å². The summed E-state index contributed by atoms with van der Waals surface area (Å²) < 4.78 is 5.34. The number of alkyl halides is 1. The first-order valence-electron chi connectivity index (χ1n) is 5.26. The second-order valence-electron chi connectivity index (χ2n) is 3.11. The van der Waals surface area contributed by atoms with Gasteiger partial charge in [0.2, 0.25) is 0 Å². The van der Waals surface area contributed by atoms with Crippen LogP contribution in [0, 0.1) is 0 Å². The molecular weight excluding hydrogens is 230 g/mol. The topological polar surface area (TPSA) is 21.3 Å². The Hall–Kier alpha value is 0.400. The highest BCUT2D eigenvalue weighted by Gasteiger charge is 1.89. The molecule has 0 heterocycles. The monoisotopic (exact) mass is 251 g/mol. The van der Waals surface area contributed by atoms with Crippen LogP contribution < -0.4 is 5.32 Å². The molecule has 0 aliphatic heterocycles. The van der Waals surface area contributed by atoms with E-state index < -0.39 is 0 Å². The first kappa shape index (κ1) is 13.4. The highest BCUT2D eigenvalue weighted by Crippen LogP contribution is 1.96. The molecule has 13 heavy (non-hydrogen) atoms. The summed E-state index contributed by atoms with van der Waals surface area (Å²) in [5.41, 5.74) is 0. The predicted octanol–water partition coefficient (Wildman–Crippen LogP) is 2.57. The van der Waals surface area contributed by atoms with E-state index in [0.29, 0.717) is 0 Å². The van der Waals surface area contributed by atoms with Crippen molar-refractivity contribution < 1.29 is 4.74 Å². The fourth-order valence-electron chi connectivity index (χ4n) is 1.04. The Labute approximate surface area is 90.6 Å². The van der Waals surface area contributed by atoms with E-state index in [2.05, 4.69) is 28.2 Å². The van der Waals surface area contributed by atoms with E-state index in [1.54, 1.807) is 0 Å². The van der Waals surface area contributed by atoms with Crippen molar-refractivity contribution in [3.05, 3.63) is 0 Å². The van der Waals surface area contributed by atoms with Crippen LogP contribution in [0.3, 0.4) is 0 Å². The van der Waals surface area contributed by atoms with E-state index in [1.165, 1.54) is 19.3 Å². The highest BCUT2D eigenvalue weighted by atomic mass is 79.9. The van der Waals surface area contributed by atoms with Gasteiger partial charge in [-0.25, -0.2) is 0 Å². The van der Waals surface area contributed by atoms with Gasteiger partial charge in [-0.2, -0.15) is 0 Å². The molecule has 3 heteroatoms. The molecule has 0 rings (SSSR count). The molecule has 0 aromatic rings. The van der Waals surface area contributed by atoms with Crippen molar-refractivity contribution in [2.24, 2.45) is 0 Å². The maximum absolute atomic E-state index is 5.34. The van der Waals surface area contributed by atoms with Gasteiger partial charge in [0.05, 0.1) is 6.61 Å². The van der Waals surface area contributed by atoms with Gasteiger partial charge in [0.15, 0.2) is 0 Å². The van der Waals surface area contributed by atoms with Crippen LogP contribution in [0.15, 0.2) is 0 Å². The van der Waals surface area contributed by atoms with Crippen LogP contribution in [-0.4, -0.2) is 31.6 Å². The van der Waals surface area contributed by atoms with Crippen LogP contribution in [0.2, 0.25) is 0 Å². The van der Waals surface area contributed by atoms with Crippen molar-refractivity contribution in [1.82, 2.24) is 5.32 Å². The largest absolute Gasteiger partial charge is 0.380 e. The van der Waals surface area contributed by atoms with Crippen LogP contribution in [0.4, 0.5) is 0 Å². The number of ether oxygens (including phenoxy) is 1. The molecule has 0 atom stereocenters. The summed E-state index contributed by atoms with van der Waals surface area (Å²) in [5, 5.41) is 4.49. The summed E-state index contributed by atoms with van der Waals surface area (Å²) in [7, 11) is 0. The van der Waals surface area contributed by atoms with Crippen LogP contribution in [0.25, 0.3) is 0 Å². The van der Waals surface area contributed by atoms with Gasteiger partial charge in [-0.05, 0) is 25.8 Å². The molecule has 0 saturated heterocycles. The van der Waals surface area contributed by atoms with Gasteiger partial charge in [-0.3, -0.25) is 0 Å². The summed E-state index contributed by atoms with van der Waals surface area (Å²) in [5.74, 6) is 0. The first-order valence-corrected chi connectivity index (χ1v) is 6.38. The zero-order chi connectivity index (χ0) is 9.78. The number of unbranched alkanes of at least 4 members (excludes halogenated alkanes) is 2. The van der Waals surface area contributed by atoms with Gasteiger partial charge < -0.3 is 10.1 Å². The summed E-state index contributed by atoms with van der Waals surface area (Å²) >= 11 is 3.42. The van der Waals surface area contributed by atoms with Crippen LogP contribution in [-0.2, 0) is 4.74 Å². The lowest BCUT2D eigenvalue weighted by molar-refractivity contribution is 0.136. The number of rotatable bonds is 10. The van der Waals surface area contributed by atoms with E-state index >= 15 is 0 Å². The number of nitrogens with one attached hydrogen (secondary N) is 1. The second kappa shape index (κ2) is 12.4. The Bertz CT molecular complexity index is 81.0. The van der Waals surface area contributed by atoms with Crippen molar-refractivity contribution in [1.29, 1.82) is 0 Å². The smallest absolute Gasteiger partial charge is 0.0590 e. The molecule has 0 bridgehead atoms. The predicted molar refractivity (Wildman–Crippen MR) is 61.6 cm³/mol. The van der Waals surface area contributed by atoms with E-state index in [9.17, 15) is 0 Å². The lowest BCUT2D eigenvalue weighted by atomic mass is 10.2. The quantitative estimate of drug-likeness (QED) is 0.476. The lowest BCUT2D eigenvalue weighted by Gasteiger charge is -2.04. The van der Waals surface area contributed by atoms with E-state index in [1.807, 2.05) is 0 Å². The van der Waals surface area contributed by atoms with Gasteiger partial charge >= 0.3 is 0 Å². The van der Waals surface area contributed by atoms with Crippen molar-refractivity contribution >= 4 is 15.9 Å². The molecular formula is C10H22BrNO. The van der Waals surface area contributed by atoms with Gasteiger partial charge in [0.1, 0.15) is 0 Å². The third-order valence-electron chi connectivity index (χ3n) is 1.76. The Kier molecular flexibility index (Phi) is 12.8. The number of hydrogen-bond acceptors (Lipinski definition) is 2. The third kappa shape index (κ3) is 12.4. The molecule has 0 saturated carbocycles. The lowest BCUT2D eigenvalue weighted by Crippen LogP contribution is -2.21. The maximum Gasteiger partial charge on any atom is 0.0590 e. The molecule has 1 N–H and O–H groups in total. The summed E-state index contributed by atoms with van der Waals surface area (Å²) in [6, 6.07) is 0. The number of hydrogen-bond donors (Lipinski definition) is 1. The Morgan fingerprint density at radius 2 is 1.92 bits per heavy atom. The highest BCUT2D eigenvalue weighted by molar-refractivity contribution is 9.09. The van der Waals surface area contributed by atoms with Gasteiger partial charge in [0, 0.05) is 18.5 Å². The minimum atomic E-state index is 0.853. The Morgan fingerprint density at radius 3 is 2.62 bits per heavy atom. The van der Waals surface area contributed by atoms with Crippen LogP contribution >= 0.6 is 15.9 Å².